The first-order valence-corrected chi connectivity index (χ1v) is 19.4. The van der Waals surface area contributed by atoms with Crippen LogP contribution in [0.4, 0.5) is 0 Å². The first-order chi connectivity index (χ1) is 24.5. The average Bonchev–Trinajstić information content (AvgIpc) is 3.34. The van der Waals surface area contributed by atoms with E-state index in [-0.39, 0.29) is 16.7 Å². The smallest absolute Gasteiger partial charge is 0.243 e. The fourth-order valence-electron chi connectivity index (χ4n) is 7.53. The van der Waals surface area contributed by atoms with E-state index in [2.05, 4.69) is 32.7 Å². The third kappa shape index (κ3) is 6.97. The Bertz CT molecular complexity index is 2240. The second-order valence-corrected chi connectivity index (χ2v) is 16.5. The highest BCUT2D eigenvalue weighted by molar-refractivity contribution is 7.89. The van der Waals surface area contributed by atoms with Gasteiger partial charge < -0.3 is 9.47 Å². The molecule has 1 aliphatic carbocycles. The fourth-order valence-corrected chi connectivity index (χ4v) is 9.05. The highest BCUT2D eigenvalue weighted by Gasteiger charge is 2.37. The van der Waals surface area contributed by atoms with Crippen molar-refractivity contribution < 1.29 is 13.2 Å². The predicted octanol–water partition coefficient (Wildman–Crippen LogP) is 7.09. The molecule has 4 heterocycles. The van der Waals surface area contributed by atoms with Gasteiger partial charge >= 0.3 is 0 Å². The number of carbonyl (C=O) groups is 1. The van der Waals surface area contributed by atoms with Crippen molar-refractivity contribution in [3.8, 4) is 0 Å². The number of nitrogens with zero attached hydrogens (tertiary/aromatic N) is 6. The van der Waals surface area contributed by atoms with E-state index in [0.717, 1.165) is 57.1 Å². The second-order valence-electron chi connectivity index (χ2n) is 14.0. The summed E-state index contributed by atoms with van der Waals surface area (Å²) in [6, 6.07) is 18.3. The fraction of sp³-hybridized carbons (Fsp3) is 0.350. The number of hydrogen-bond acceptors (Lipinski definition) is 6. The van der Waals surface area contributed by atoms with Crippen molar-refractivity contribution in [2.45, 2.75) is 70.4 Å². The number of piperidine rings is 1. The molecule has 2 aliphatic rings. The number of likely N-dealkylation sites (N-methyl/N-ethyl adjacent to an activating group) is 1. The number of likely N-dealkylation sites (tertiary alicyclic amines) is 1. The number of benzene rings is 2. The molecule has 11 heteroatoms. The molecule has 51 heavy (non-hydrogen) atoms. The number of amides is 1. The average molecular weight is 723 g/mol. The van der Waals surface area contributed by atoms with E-state index in [1.54, 1.807) is 24.5 Å². The van der Waals surface area contributed by atoms with Crippen LogP contribution in [-0.2, 0) is 34.2 Å². The van der Waals surface area contributed by atoms with E-state index in [1.807, 2.05) is 62.2 Å². The van der Waals surface area contributed by atoms with Crippen molar-refractivity contribution in [1.82, 2.24) is 28.7 Å². The minimum Gasteiger partial charge on any atom is -0.341 e. The van der Waals surface area contributed by atoms with E-state index in [4.69, 9.17) is 16.6 Å². The van der Waals surface area contributed by atoms with Crippen molar-refractivity contribution in [3.63, 3.8) is 0 Å². The van der Waals surface area contributed by atoms with Gasteiger partial charge in [-0.3, -0.25) is 14.8 Å². The zero-order valence-electron chi connectivity index (χ0n) is 29.5. The topological polar surface area (TPSA) is 101 Å². The zero-order chi connectivity index (χ0) is 35.9. The normalized spacial score (nSPS) is 15.6. The van der Waals surface area contributed by atoms with E-state index in [9.17, 15) is 13.2 Å². The van der Waals surface area contributed by atoms with Gasteiger partial charge in [0, 0.05) is 49.7 Å². The van der Waals surface area contributed by atoms with E-state index in [1.165, 1.54) is 28.1 Å². The lowest BCUT2D eigenvalue weighted by Crippen LogP contribution is -2.51. The van der Waals surface area contributed by atoms with Crippen molar-refractivity contribution in [3.05, 3.63) is 124 Å². The van der Waals surface area contributed by atoms with Crippen LogP contribution in [0.1, 0.15) is 66.9 Å². The number of imidazole rings is 1. The number of aryl methyl sites for hydroxylation is 3. The molecule has 0 bridgehead atoms. The zero-order valence-corrected chi connectivity index (χ0v) is 31.1. The number of pyridine rings is 2. The molecule has 264 valence electrons. The molecular formula is C40H43ClN6O3S. The Balaban J connectivity index is 1.11. The van der Waals surface area contributed by atoms with Gasteiger partial charge in [-0.25, -0.2) is 13.4 Å². The maximum absolute atomic E-state index is 14.3. The summed E-state index contributed by atoms with van der Waals surface area (Å²) >= 11 is 6.42. The van der Waals surface area contributed by atoms with Gasteiger partial charge in [0.15, 0.2) is 0 Å². The molecule has 1 aliphatic heterocycles. The van der Waals surface area contributed by atoms with Crippen LogP contribution in [0.2, 0.25) is 5.02 Å². The van der Waals surface area contributed by atoms with E-state index < -0.39 is 16.1 Å². The quantitative estimate of drug-likeness (QED) is 0.170. The maximum Gasteiger partial charge on any atom is 0.243 e. The standard InChI is InChI=1S/C40H43ClN6O3S/c1-26(2)22-37(45(4)51(49,50)33-12-7-28(8-13-33)25-47-27(3)44-35-24-42-19-15-36(35)47)40(48)46-20-16-29(17-21-46)38-34-14-11-32(41)23-31(34)10-9-30-6-5-18-43-39(30)38/h5-8,11-15,18-19,23-24,26,37H,9-10,16-17,20-22,25H2,1-4H3/t37-/m0/s1. The van der Waals surface area contributed by atoms with Gasteiger partial charge in [-0.15, -0.1) is 0 Å². The third-order valence-electron chi connectivity index (χ3n) is 10.3. The monoisotopic (exact) mass is 722 g/mol. The van der Waals surface area contributed by atoms with Crippen LogP contribution in [0.3, 0.4) is 0 Å². The lowest BCUT2D eigenvalue weighted by molar-refractivity contribution is -0.136. The number of rotatable bonds is 8. The SMILES string of the molecule is Cc1nc2cnccc2n1Cc1ccc(S(=O)(=O)N(C)[C@@H](CC(C)C)C(=O)N2CCC(=C3c4ccc(Cl)cc4CCc4cccnc43)CC2)cc1. The first-order valence-electron chi connectivity index (χ1n) is 17.6. The van der Waals surface area contributed by atoms with Crippen molar-refractivity contribution in [2.24, 2.45) is 5.92 Å². The minimum atomic E-state index is -3.96. The molecule has 5 aromatic rings. The van der Waals surface area contributed by atoms with Gasteiger partial charge in [0.1, 0.15) is 17.4 Å². The van der Waals surface area contributed by atoms with E-state index in [0.29, 0.717) is 38.9 Å². The summed E-state index contributed by atoms with van der Waals surface area (Å²) in [6.07, 6.45) is 8.90. The molecular weight excluding hydrogens is 680 g/mol. The Kier molecular flexibility index (Phi) is 9.84. The molecule has 3 aromatic heterocycles. The molecule has 0 spiro atoms. The Labute approximate surface area is 305 Å². The van der Waals surface area contributed by atoms with Crippen LogP contribution in [-0.4, -0.2) is 69.2 Å². The lowest BCUT2D eigenvalue weighted by atomic mass is 9.88. The van der Waals surface area contributed by atoms with Gasteiger partial charge in [-0.2, -0.15) is 4.31 Å². The summed E-state index contributed by atoms with van der Waals surface area (Å²) in [7, 11) is -2.42. The summed E-state index contributed by atoms with van der Waals surface area (Å²) in [4.78, 5) is 29.9. The van der Waals surface area contributed by atoms with Gasteiger partial charge in [0.05, 0.1) is 22.3 Å². The van der Waals surface area contributed by atoms with Crippen LogP contribution in [0.5, 0.6) is 0 Å². The molecule has 1 atom stereocenters. The molecule has 1 fully saturated rings. The molecule has 7 rings (SSSR count). The Morgan fingerprint density at radius 3 is 2.45 bits per heavy atom. The van der Waals surface area contributed by atoms with E-state index >= 15 is 0 Å². The number of hydrogen-bond donors (Lipinski definition) is 0. The maximum atomic E-state index is 14.3. The number of fused-ring (bicyclic) bond motifs is 3. The Morgan fingerprint density at radius 2 is 1.71 bits per heavy atom. The minimum absolute atomic E-state index is 0.113. The summed E-state index contributed by atoms with van der Waals surface area (Å²) in [5.74, 6) is 0.816. The summed E-state index contributed by atoms with van der Waals surface area (Å²) in [5.41, 5.74) is 9.74. The number of carbonyl (C=O) groups excluding carboxylic acids is 1. The van der Waals surface area contributed by atoms with Crippen LogP contribution >= 0.6 is 11.6 Å². The van der Waals surface area contributed by atoms with Gasteiger partial charge in [-0.05, 0) is 104 Å². The highest BCUT2D eigenvalue weighted by Crippen LogP contribution is 2.39. The van der Waals surface area contributed by atoms with Crippen molar-refractivity contribution >= 4 is 44.1 Å². The molecule has 0 saturated carbocycles. The Morgan fingerprint density at radius 1 is 0.961 bits per heavy atom. The molecule has 0 unspecified atom stereocenters. The number of halogens is 1. The van der Waals surface area contributed by atoms with Crippen LogP contribution in [0.25, 0.3) is 16.6 Å². The molecule has 1 saturated heterocycles. The van der Waals surface area contributed by atoms with Gasteiger partial charge in [0.25, 0.3) is 0 Å². The van der Waals surface area contributed by atoms with Gasteiger partial charge in [-0.1, -0.05) is 55.3 Å². The van der Waals surface area contributed by atoms with Crippen LogP contribution < -0.4 is 0 Å². The summed E-state index contributed by atoms with van der Waals surface area (Å²) in [5, 5.41) is 0.722. The van der Waals surface area contributed by atoms with Gasteiger partial charge in [0.2, 0.25) is 15.9 Å². The predicted molar refractivity (Wildman–Crippen MR) is 201 cm³/mol. The second kappa shape index (κ2) is 14.3. The number of sulfonamides is 1. The van der Waals surface area contributed by atoms with Crippen LogP contribution in [0, 0.1) is 12.8 Å². The molecule has 2 aromatic carbocycles. The highest BCUT2D eigenvalue weighted by atomic mass is 35.5. The van der Waals surface area contributed by atoms with Crippen LogP contribution in [0.15, 0.2) is 89.7 Å². The molecule has 0 N–H and O–H groups in total. The first kappa shape index (κ1) is 35.0. The molecule has 1 amide bonds. The Hall–Kier alpha value is -4.38. The third-order valence-corrected chi connectivity index (χ3v) is 12.4. The largest absolute Gasteiger partial charge is 0.341 e. The molecule has 9 nitrogen and oxygen atoms in total. The molecule has 0 radical (unpaired) electrons. The summed E-state index contributed by atoms with van der Waals surface area (Å²) < 4.78 is 31.5. The lowest BCUT2D eigenvalue weighted by Gasteiger charge is -2.36. The van der Waals surface area contributed by atoms with Crippen molar-refractivity contribution in [1.29, 1.82) is 0 Å². The summed E-state index contributed by atoms with van der Waals surface area (Å²) in [6.45, 7) is 7.56. The number of aromatic nitrogens is 4. The van der Waals surface area contributed by atoms with Crippen molar-refractivity contribution in [2.75, 3.05) is 20.1 Å².